The summed E-state index contributed by atoms with van der Waals surface area (Å²) < 4.78 is 26.0. The fraction of sp³-hybridized carbons (Fsp3) is 0.364. The van der Waals surface area contributed by atoms with Gasteiger partial charge in [-0.05, 0) is 38.0 Å². The second-order valence-electron chi connectivity index (χ2n) is 3.80. The summed E-state index contributed by atoms with van der Waals surface area (Å²) in [5.74, 6) is -0.214. The van der Waals surface area contributed by atoms with Crippen molar-refractivity contribution in [2.24, 2.45) is 0 Å². The standard InChI is InChI=1S/C11H15NO3S/c1-8-4-5-9(2)11(6-8)16(14,15)12-7-10(3)13/h4-6,12H,7H2,1-3H3. The zero-order valence-electron chi connectivity index (χ0n) is 9.57. The molecule has 0 aliphatic carbocycles. The Labute approximate surface area is 95.7 Å². The van der Waals surface area contributed by atoms with Crippen LogP contribution in [0.2, 0.25) is 0 Å². The summed E-state index contributed by atoms with van der Waals surface area (Å²) in [7, 11) is -3.58. The van der Waals surface area contributed by atoms with Gasteiger partial charge in [0.2, 0.25) is 10.0 Å². The lowest BCUT2D eigenvalue weighted by molar-refractivity contribution is -0.115. The van der Waals surface area contributed by atoms with Crippen LogP contribution in [0.3, 0.4) is 0 Å². The van der Waals surface area contributed by atoms with Crippen molar-refractivity contribution < 1.29 is 13.2 Å². The number of nitrogens with one attached hydrogen (secondary N) is 1. The number of carbonyl (C=O) groups is 1. The highest BCUT2D eigenvalue weighted by Crippen LogP contribution is 2.16. The molecule has 4 nitrogen and oxygen atoms in total. The van der Waals surface area contributed by atoms with Crippen LogP contribution in [-0.4, -0.2) is 20.7 Å². The van der Waals surface area contributed by atoms with Gasteiger partial charge in [0.1, 0.15) is 5.78 Å². The Kier molecular flexibility index (Phi) is 3.83. The van der Waals surface area contributed by atoms with Gasteiger partial charge in [0.15, 0.2) is 0 Å². The number of Topliss-reactive ketones (excluding diaryl/α,β-unsaturated/α-hetero) is 1. The molecule has 1 rings (SSSR count). The fourth-order valence-corrected chi connectivity index (χ4v) is 2.65. The molecular formula is C11H15NO3S. The van der Waals surface area contributed by atoms with Gasteiger partial charge in [-0.2, -0.15) is 0 Å². The first-order valence-corrected chi connectivity index (χ1v) is 6.37. The third-order valence-corrected chi connectivity index (χ3v) is 3.69. The molecule has 0 aliphatic heterocycles. The Balaban J connectivity index is 3.07. The number of benzene rings is 1. The molecule has 0 fully saturated rings. The average Bonchev–Trinajstić information content (AvgIpc) is 2.19. The largest absolute Gasteiger partial charge is 0.299 e. The fourth-order valence-electron chi connectivity index (χ4n) is 1.27. The molecule has 1 aromatic carbocycles. The number of rotatable bonds is 4. The Hall–Kier alpha value is -1.20. The second-order valence-corrected chi connectivity index (χ2v) is 5.53. The molecule has 1 N–H and O–H groups in total. The summed E-state index contributed by atoms with van der Waals surface area (Å²) in [4.78, 5) is 11.0. The Morgan fingerprint density at radius 2 is 1.94 bits per heavy atom. The van der Waals surface area contributed by atoms with Gasteiger partial charge in [0, 0.05) is 0 Å². The summed E-state index contributed by atoms with van der Waals surface area (Å²) >= 11 is 0. The number of ketones is 1. The van der Waals surface area contributed by atoms with Crippen LogP contribution in [0.25, 0.3) is 0 Å². The van der Waals surface area contributed by atoms with E-state index in [1.165, 1.54) is 6.92 Å². The number of sulfonamides is 1. The molecule has 1 aromatic rings. The summed E-state index contributed by atoms with van der Waals surface area (Å²) in [6.45, 7) is 4.71. The van der Waals surface area contributed by atoms with E-state index in [0.29, 0.717) is 5.56 Å². The van der Waals surface area contributed by atoms with E-state index in [1.807, 2.05) is 13.0 Å². The zero-order valence-corrected chi connectivity index (χ0v) is 10.4. The molecule has 0 radical (unpaired) electrons. The molecule has 88 valence electrons. The van der Waals surface area contributed by atoms with E-state index in [4.69, 9.17) is 0 Å². The van der Waals surface area contributed by atoms with Crippen molar-refractivity contribution in [3.63, 3.8) is 0 Å². The molecule has 5 heteroatoms. The SMILES string of the molecule is CC(=O)CNS(=O)(=O)c1cc(C)ccc1C. The third-order valence-electron chi connectivity index (χ3n) is 2.14. The van der Waals surface area contributed by atoms with Gasteiger partial charge in [0.05, 0.1) is 11.4 Å². The van der Waals surface area contributed by atoms with Crippen LogP contribution in [0.4, 0.5) is 0 Å². The van der Waals surface area contributed by atoms with Crippen molar-refractivity contribution in [3.05, 3.63) is 29.3 Å². The maximum atomic E-state index is 11.8. The van der Waals surface area contributed by atoms with Gasteiger partial charge in [-0.25, -0.2) is 13.1 Å². The predicted octanol–water partition coefficient (Wildman–Crippen LogP) is 1.17. The first-order chi connectivity index (χ1) is 7.33. The van der Waals surface area contributed by atoms with E-state index in [1.54, 1.807) is 19.1 Å². The summed E-state index contributed by atoms with van der Waals surface area (Å²) in [6, 6.07) is 5.19. The quantitative estimate of drug-likeness (QED) is 0.860. The third kappa shape index (κ3) is 3.15. The predicted molar refractivity (Wildman–Crippen MR) is 61.8 cm³/mol. The second kappa shape index (κ2) is 4.76. The zero-order chi connectivity index (χ0) is 12.3. The van der Waals surface area contributed by atoms with Crippen LogP contribution in [-0.2, 0) is 14.8 Å². The number of hydrogen-bond acceptors (Lipinski definition) is 3. The molecule has 0 amide bonds. The van der Waals surface area contributed by atoms with Crippen LogP contribution in [0, 0.1) is 13.8 Å². The van der Waals surface area contributed by atoms with Crippen LogP contribution in [0.5, 0.6) is 0 Å². The van der Waals surface area contributed by atoms with Crippen molar-refractivity contribution in [1.29, 1.82) is 0 Å². The summed E-state index contributed by atoms with van der Waals surface area (Å²) in [6.07, 6.45) is 0. The maximum absolute atomic E-state index is 11.8. The lowest BCUT2D eigenvalue weighted by Gasteiger charge is -2.08. The lowest BCUT2D eigenvalue weighted by Crippen LogP contribution is -2.29. The van der Waals surface area contributed by atoms with E-state index >= 15 is 0 Å². The van der Waals surface area contributed by atoms with E-state index in [2.05, 4.69) is 4.72 Å². The molecule has 0 bridgehead atoms. The van der Waals surface area contributed by atoms with Crippen LogP contribution in [0.1, 0.15) is 18.1 Å². The first-order valence-electron chi connectivity index (χ1n) is 4.89. The topological polar surface area (TPSA) is 63.2 Å². The van der Waals surface area contributed by atoms with Crippen LogP contribution < -0.4 is 4.72 Å². The Morgan fingerprint density at radius 3 is 2.50 bits per heavy atom. The molecule has 0 atom stereocenters. The molecule has 0 aromatic heterocycles. The molecule has 0 unspecified atom stereocenters. The highest BCUT2D eigenvalue weighted by Gasteiger charge is 2.16. The van der Waals surface area contributed by atoms with Gasteiger partial charge in [-0.3, -0.25) is 4.79 Å². The number of aryl methyl sites for hydroxylation is 2. The van der Waals surface area contributed by atoms with Gasteiger partial charge in [0.25, 0.3) is 0 Å². The summed E-state index contributed by atoms with van der Waals surface area (Å²) in [5.41, 5.74) is 1.54. The minimum atomic E-state index is -3.58. The monoisotopic (exact) mass is 241 g/mol. The number of carbonyl (C=O) groups excluding carboxylic acids is 1. The molecule has 0 aliphatic rings. The molecule has 0 saturated carbocycles. The average molecular weight is 241 g/mol. The van der Waals surface area contributed by atoms with Crippen molar-refractivity contribution in [1.82, 2.24) is 4.72 Å². The minimum absolute atomic E-state index is 0.171. The van der Waals surface area contributed by atoms with Crippen molar-refractivity contribution in [2.75, 3.05) is 6.54 Å². The van der Waals surface area contributed by atoms with Gasteiger partial charge in [-0.1, -0.05) is 12.1 Å². The van der Waals surface area contributed by atoms with Crippen molar-refractivity contribution in [2.45, 2.75) is 25.7 Å². The van der Waals surface area contributed by atoms with Crippen molar-refractivity contribution in [3.8, 4) is 0 Å². The molecular weight excluding hydrogens is 226 g/mol. The molecule has 16 heavy (non-hydrogen) atoms. The normalized spacial score (nSPS) is 11.4. The van der Waals surface area contributed by atoms with Gasteiger partial charge >= 0.3 is 0 Å². The molecule has 0 saturated heterocycles. The van der Waals surface area contributed by atoms with Crippen LogP contribution >= 0.6 is 0 Å². The first kappa shape index (κ1) is 12.9. The molecule has 0 heterocycles. The van der Waals surface area contributed by atoms with E-state index in [-0.39, 0.29) is 17.2 Å². The highest BCUT2D eigenvalue weighted by molar-refractivity contribution is 7.89. The van der Waals surface area contributed by atoms with Crippen molar-refractivity contribution >= 4 is 15.8 Å². The minimum Gasteiger partial charge on any atom is -0.299 e. The van der Waals surface area contributed by atoms with E-state index in [9.17, 15) is 13.2 Å². The Bertz CT molecular complexity index is 506. The highest BCUT2D eigenvalue weighted by atomic mass is 32.2. The van der Waals surface area contributed by atoms with Gasteiger partial charge in [-0.15, -0.1) is 0 Å². The Morgan fingerprint density at radius 1 is 1.31 bits per heavy atom. The van der Waals surface area contributed by atoms with E-state index < -0.39 is 10.0 Å². The maximum Gasteiger partial charge on any atom is 0.241 e. The van der Waals surface area contributed by atoms with E-state index in [0.717, 1.165) is 5.56 Å². The lowest BCUT2D eigenvalue weighted by atomic mass is 10.2. The van der Waals surface area contributed by atoms with Crippen LogP contribution in [0.15, 0.2) is 23.1 Å². The summed E-state index contributed by atoms with van der Waals surface area (Å²) in [5, 5.41) is 0. The van der Waals surface area contributed by atoms with Gasteiger partial charge < -0.3 is 0 Å². The number of hydrogen-bond donors (Lipinski definition) is 1. The smallest absolute Gasteiger partial charge is 0.241 e. The molecule has 0 spiro atoms.